The van der Waals surface area contributed by atoms with E-state index in [2.05, 4.69) is 31.8 Å². The van der Waals surface area contributed by atoms with Crippen LogP contribution in [0.1, 0.15) is 5.56 Å². The number of hydrogen-bond donors (Lipinski definition) is 3. The molecule has 0 amide bonds. The summed E-state index contributed by atoms with van der Waals surface area (Å²) in [6.45, 7) is 0. The van der Waals surface area contributed by atoms with E-state index in [4.69, 9.17) is 17.0 Å². The van der Waals surface area contributed by atoms with Gasteiger partial charge in [-0.1, -0.05) is 15.9 Å². The smallest absolute Gasteiger partial charge is 0.191 e. The monoisotopic (exact) mass is 379 g/mol. The Kier molecular flexibility index (Phi) is 5.74. The van der Waals surface area contributed by atoms with Crippen molar-refractivity contribution in [1.82, 2.24) is 5.43 Å². The first-order valence-corrected chi connectivity index (χ1v) is 7.51. The van der Waals surface area contributed by atoms with E-state index in [1.165, 1.54) is 6.21 Å². The van der Waals surface area contributed by atoms with Crippen molar-refractivity contribution < 1.29 is 9.84 Å². The van der Waals surface area contributed by atoms with Crippen molar-refractivity contribution in [3.05, 3.63) is 52.5 Å². The normalized spacial score (nSPS) is 10.5. The van der Waals surface area contributed by atoms with Crippen molar-refractivity contribution >= 4 is 45.2 Å². The van der Waals surface area contributed by atoms with E-state index in [-0.39, 0.29) is 5.75 Å². The van der Waals surface area contributed by atoms with Crippen LogP contribution in [0.4, 0.5) is 5.69 Å². The number of aromatic hydroxyl groups is 1. The standard InChI is InChI=1S/C15H14BrN3O2S/c1-21-13-5-3-12(4-6-13)18-15(22)19-17-9-10-8-11(16)2-7-14(10)20/h2-9,20H,1H3,(H2,18,19,22). The minimum atomic E-state index is 0.141. The molecule has 0 saturated heterocycles. The second-order valence-corrected chi connectivity index (χ2v) is 5.58. The summed E-state index contributed by atoms with van der Waals surface area (Å²) in [7, 11) is 1.61. The summed E-state index contributed by atoms with van der Waals surface area (Å²) < 4.78 is 5.93. The van der Waals surface area contributed by atoms with Gasteiger partial charge in [0.2, 0.25) is 0 Å². The van der Waals surface area contributed by atoms with Crippen molar-refractivity contribution in [2.45, 2.75) is 0 Å². The van der Waals surface area contributed by atoms with Gasteiger partial charge >= 0.3 is 0 Å². The highest BCUT2D eigenvalue weighted by atomic mass is 79.9. The molecule has 0 unspecified atom stereocenters. The van der Waals surface area contributed by atoms with E-state index in [1.54, 1.807) is 25.3 Å². The third kappa shape index (κ3) is 4.71. The lowest BCUT2D eigenvalue weighted by Gasteiger charge is -2.07. The molecule has 0 atom stereocenters. The van der Waals surface area contributed by atoms with E-state index in [0.717, 1.165) is 15.9 Å². The number of rotatable bonds is 4. The van der Waals surface area contributed by atoms with E-state index in [0.29, 0.717) is 10.7 Å². The lowest BCUT2D eigenvalue weighted by atomic mass is 10.2. The second kappa shape index (κ2) is 7.77. The largest absolute Gasteiger partial charge is 0.507 e. The Morgan fingerprint density at radius 1 is 1.27 bits per heavy atom. The van der Waals surface area contributed by atoms with Gasteiger partial charge in [0.15, 0.2) is 5.11 Å². The Morgan fingerprint density at radius 2 is 2.00 bits per heavy atom. The summed E-state index contributed by atoms with van der Waals surface area (Å²) in [5, 5.41) is 17.0. The van der Waals surface area contributed by atoms with Gasteiger partial charge in [0.05, 0.1) is 13.3 Å². The zero-order chi connectivity index (χ0) is 15.9. The van der Waals surface area contributed by atoms with Gasteiger partial charge in [-0.2, -0.15) is 5.10 Å². The van der Waals surface area contributed by atoms with Crippen LogP contribution in [0.5, 0.6) is 11.5 Å². The van der Waals surface area contributed by atoms with Crippen LogP contribution in [0.15, 0.2) is 52.0 Å². The van der Waals surface area contributed by atoms with Crippen LogP contribution in [0.3, 0.4) is 0 Å². The number of benzene rings is 2. The Balaban J connectivity index is 1.91. The van der Waals surface area contributed by atoms with Gasteiger partial charge in [-0.3, -0.25) is 5.43 Å². The molecule has 2 aromatic carbocycles. The molecule has 0 aromatic heterocycles. The fourth-order valence-corrected chi connectivity index (χ4v) is 2.17. The average molecular weight is 380 g/mol. The van der Waals surface area contributed by atoms with Gasteiger partial charge in [0, 0.05) is 15.7 Å². The predicted molar refractivity (Wildman–Crippen MR) is 95.8 cm³/mol. The van der Waals surface area contributed by atoms with E-state index >= 15 is 0 Å². The van der Waals surface area contributed by atoms with Crippen molar-refractivity contribution in [2.24, 2.45) is 5.10 Å². The summed E-state index contributed by atoms with van der Waals surface area (Å²) in [5.74, 6) is 0.912. The van der Waals surface area contributed by atoms with Crippen LogP contribution >= 0.6 is 28.1 Å². The molecule has 7 heteroatoms. The van der Waals surface area contributed by atoms with E-state index in [9.17, 15) is 5.11 Å². The molecule has 5 nitrogen and oxygen atoms in total. The van der Waals surface area contributed by atoms with Crippen LogP contribution < -0.4 is 15.5 Å². The van der Waals surface area contributed by atoms with Gasteiger partial charge in [0.1, 0.15) is 11.5 Å². The van der Waals surface area contributed by atoms with Crippen LogP contribution in [0.2, 0.25) is 0 Å². The third-order valence-corrected chi connectivity index (χ3v) is 3.39. The van der Waals surface area contributed by atoms with Crippen LogP contribution in [0.25, 0.3) is 0 Å². The lowest BCUT2D eigenvalue weighted by molar-refractivity contribution is 0.415. The maximum atomic E-state index is 9.68. The maximum Gasteiger partial charge on any atom is 0.191 e. The number of thiocarbonyl (C=S) groups is 1. The topological polar surface area (TPSA) is 65.9 Å². The second-order valence-electron chi connectivity index (χ2n) is 4.26. The summed E-state index contributed by atoms with van der Waals surface area (Å²) in [5.41, 5.74) is 4.08. The molecule has 0 aliphatic carbocycles. The Hall–Kier alpha value is -2.12. The molecule has 0 radical (unpaired) electrons. The molecular formula is C15H14BrN3O2S. The quantitative estimate of drug-likeness (QED) is 0.431. The van der Waals surface area contributed by atoms with Gasteiger partial charge in [-0.15, -0.1) is 0 Å². The molecule has 0 aliphatic heterocycles. The maximum absolute atomic E-state index is 9.68. The lowest BCUT2D eigenvalue weighted by Crippen LogP contribution is -2.23. The van der Waals surface area contributed by atoms with Crippen LogP contribution in [-0.4, -0.2) is 23.5 Å². The number of hydrogen-bond acceptors (Lipinski definition) is 4. The molecule has 0 aliphatic rings. The highest BCUT2D eigenvalue weighted by molar-refractivity contribution is 9.10. The Labute approximate surface area is 142 Å². The van der Waals surface area contributed by atoms with Crippen molar-refractivity contribution in [2.75, 3.05) is 12.4 Å². The number of nitrogens with one attached hydrogen (secondary N) is 2. The molecule has 3 N–H and O–H groups in total. The zero-order valence-corrected chi connectivity index (χ0v) is 14.1. The summed E-state index contributed by atoms with van der Waals surface area (Å²) in [6, 6.07) is 12.4. The minimum Gasteiger partial charge on any atom is -0.507 e. The molecule has 2 rings (SSSR count). The van der Waals surface area contributed by atoms with Gasteiger partial charge in [0.25, 0.3) is 0 Å². The number of phenols is 1. The molecule has 2 aromatic rings. The van der Waals surface area contributed by atoms with Crippen LogP contribution in [0, 0.1) is 0 Å². The molecule has 0 saturated carbocycles. The molecule has 0 heterocycles. The SMILES string of the molecule is COc1ccc(NC(=S)NN=Cc2cc(Br)ccc2O)cc1. The number of anilines is 1. The third-order valence-electron chi connectivity index (χ3n) is 2.71. The first kappa shape index (κ1) is 16.3. The first-order chi connectivity index (χ1) is 10.6. The molecule has 0 spiro atoms. The molecule has 114 valence electrons. The van der Waals surface area contributed by atoms with Gasteiger partial charge < -0.3 is 15.2 Å². The Morgan fingerprint density at radius 3 is 2.68 bits per heavy atom. The highest BCUT2D eigenvalue weighted by Crippen LogP contribution is 2.20. The average Bonchev–Trinajstić information content (AvgIpc) is 2.51. The summed E-state index contributed by atoms with van der Waals surface area (Å²) >= 11 is 8.46. The van der Waals surface area contributed by atoms with Crippen LogP contribution in [-0.2, 0) is 0 Å². The van der Waals surface area contributed by atoms with E-state index < -0.39 is 0 Å². The molecule has 0 bridgehead atoms. The van der Waals surface area contributed by atoms with Gasteiger partial charge in [-0.25, -0.2) is 0 Å². The highest BCUT2D eigenvalue weighted by Gasteiger charge is 2.00. The molecule has 0 fully saturated rings. The zero-order valence-electron chi connectivity index (χ0n) is 11.7. The summed E-state index contributed by atoms with van der Waals surface area (Å²) in [4.78, 5) is 0. The minimum absolute atomic E-state index is 0.141. The predicted octanol–water partition coefficient (Wildman–Crippen LogP) is 3.48. The molecular weight excluding hydrogens is 366 g/mol. The van der Waals surface area contributed by atoms with Crippen molar-refractivity contribution in [3.63, 3.8) is 0 Å². The van der Waals surface area contributed by atoms with Crippen molar-refractivity contribution in [1.29, 1.82) is 0 Å². The number of phenolic OH excluding ortho intramolecular Hbond substituents is 1. The Bertz CT molecular complexity index is 690. The number of methoxy groups -OCH3 is 1. The van der Waals surface area contributed by atoms with E-state index in [1.807, 2.05) is 24.3 Å². The fraction of sp³-hybridized carbons (Fsp3) is 0.0667. The van der Waals surface area contributed by atoms with Gasteiger partial charge in [-0.05, 0) is 54.7 Å². The number of nitrogens with zero attached hydrogens (tertiary/aromatic N) is 1. The number of ether oxygens (including phenoxy) is 1. The summed E-state index contributed by atoms with van der Waals surface area (Å²) in [6.07, 6.45) is 1.49. The first-order valence-electron chi connectivity index (χ1n) is 6.31. The number of hydrazone groups is 1. The molecule has 22 heavy (non-hydrogen) atoms. The number of halogens is 1. The van der Waals surface area contributed by atoms with Crippen molar-refractivity contribution in [3.8, 4) is 11.5 Å². The fourth-order valence-electron chi connectivity index (χ4n) is 1.62.